The van der Waals surface area contributed by atoms with E-state index in [9.17, 15) is 14.4 Å². The summed E-state index contributed by atoms with van der Waals surface area (Å²) in [4.78, 5) is 55.4. The molecular weight excluding hydrogens is 596 g/mol. The minimum absolute atomic E-state index is 0.0240. The number of carbonyl (C=O) groups is 2. The van der Waals surface area contributed by atoms with Crippen LogP contribution in [0.1, 0.15) is 52.4 Å². The SMILES string of the molecule is COc1cc(C(=O)N2CC3CCC2[C@@H]3N)cc2nc(-c3cc4cccnc4n3CC3CC3)n(C3CN(C(=O)c4cc[nH]c(=O)c4)C3)c12. The zero-order valence-electron chi connectivity index (χ0n) is 26.1. The first-order valence-electron chi connectivity index (χ1n) is 16.5. The second-order valence-corrected chi connectivity index (χ2v) is 13.6. The summed E-state index contributed by atoms with van der Waals surface area (Å²) in [7, 11) is 1.62. The van der Waals surface area contributed by atoms with E-state index in [0.717, 1.165) is 47.5 Å². The highest BCUT2D eigenvalue weighted by Gasteiger charge is 2.47. The van der Waals surface area contributed by atoms with E-state index in [2.05, 4.69) is 26.3 Å². The molecule has 240 valence electrons. The molecule has 47 heavy (non-hydrogen) atoms. The van der Waals surface area contributed by atoms with Crippen molar-refractivity contribution in [1.29, 1.82) is 0 Å². The number of methoxy groups -OCH3 is 1. The van der Waals surface area contributed by atoms with Crippen LogP contribution in [0.5, 0.6) is 5.75 Å². The van der Waals surface area contributed by atoms with E-state index >= 15 is 0 Å². The Hall–Kier alpha value is -4.97. The van der Waals surface area contributed by atoms with Gasteiger partial charge in [-0.1, -0.05) is 0 Å². The molecule has 4 fully saturated rings. The molecule has 5 aromatic rings. The Morgan fingerprint density at radius 1 is 1.02 bits per heavy atom. The average molecular weight is 633 g/mol. The van der Waals surface area contributed by atoms with E-state index in [1.54, 1.807) is 18.1 Å². The van der Waals surface area contributed by atoms with Gasteiger partial charge in [-0.3, -0.25) is 14.4 Å². The van der Waals surface area contributed by atoms with E-state index in [0.29, 0.717) is 53.9 Å². The van der Waals surface area contributed by atoms with Crippen molar-refractivity contribution in [3.8, 4) is 17.3 Å². The molecule has 6 heterocycles. The summed E-state index contributed by atoms with van der Waals surface area (Å²) >= 11 is 0. The Morgan fingerprint density at radius 3 is 2.60 bits per heavy atom. The number of aromatic amines is 1. The first-order chi connectivity index (χ1) is 22.9. The number of H-pyrrole nitrogens is 1. The predicted molar refractivity (Wildman–Crippen MR) is 175 cm³/mol. The highest BCUT2D eigenvalue weighted by molar-refractivity contribution is 6.01. The maximum atomic E-state index is 13.9. The minimum Gasteiger partial charge on any atom is -0.494 e. The third kappa shape index (κ3) is 4.49. The normalized spacial score (nSPS) is 22.4. The third-order valence-electron chi connectivity index (χ3n) is 10.7. The van der Waals surface area contributed by atoms with Crippen LogP contribution in [0.4, 0.5) is 0 Å². The maximum Gasteiger partial charge on any atom is 0.254 e. The van der Waals surface area contributed by atoms with Gasteiger partial charge in [0.05, 0.1) is 24.4 Å². The van der Waals surface area contributed by atoms with Gasteiger partial charge in [0.25, 0.3) is 11.8 Å². The standard InChI is InChI=1S/C35H36N8O4/c1-47-28-13-23(35(46)42-16-22-6-7-26(42)30(22)36)11-25-31(28)43(24-17-40(18-24)34(45)21-8-10-37-29(44)14-21)33(39-25)27-12-20-3-2-9-38-32(20)41(27)15-19-4-5-19/h2-3,8-14,19,22,24,26,30H,4-7,15-18,36H2,1H3,(H,37,44)/t22?,26?,30-/m1/s1. The number of hydrogen-bond acceptors (Lipinski definition) is 7. The van der Waals surface area contributed by atoms with Crippen molar-refractivity contribution in [2.24, 2.45) is 17.6 Å². The molecule has 2 bridgehead atoms. The summed E-state index contributed by atoms with van der Waals surface area (Å²) in [5, 5.41) is 1.03. The number of ether oxygens (including phenoxy) is 1. The van der Waals surface area contributed by atoms with Crippen LogP contribution < -0.4 is 16.0 Å². The smallest absolute Gasteiger partial charge is 0.254 e. The Bertz CT molecular complexity index is 2140. The van der Waals surface area contributed by atoms with Gasteiger partial charge >= 0.3 is 0 Å². The molecule has 2 unspecified atom stereocenters. The summed E-state index contributed by atoms with van der Waals surface area (Å²) in [5.74, 6) is 2.01. The average Bonchev–Trinajstić information content (AvgIpc) is 3.40. The monoisotopic (exact) mass is 632 g/mol. The number of carbonyl (C=O) groups excluding carboxylic acids is 2. The van der Waals surface area contributed by atoms with Crippen molar-refractivity contribution in [3.05, 3.63) is 76.3 Å². The molecule has 2 saturated carbocycles. The first-order valence-corrected chi connectivity index (χ1v) is 16.5. The molecule has 2 aliphatic heterocycles. The number of imidazole rings is 1. The van der Waals surface area contributed by atoms with Gasteiger partial charge in [0, 0.05) is 73.2 Å². The molecule has 4 aromatic heterocycles. The Morgan fingerprint density at radius 2 is 1.87 bits per heavy atom. The number of aromatic nitrogens is 5. The number of amides is 2. The number of hydrogen-bond donors (Lipinski definition) is 2. The van der Waals surface area contributed by atoms with Gasteiger partial charge in [-0.2, -0.15) is 0 Å². The molecule has 9 rings (SSSR count). The molecule has 3 N–H and O–H groups in total. The number of pyridine rings is 2. The molecule has 3 atom stereocenters. The Kier molecular flexibility index (Phi) is 6.33. The fraction of sp³-hybridized carbons (Fsp3) is 0.400. The van der Waals surface area contributed by atoms with E-state index in [-0.39, 0.29) is 35.5 Å². The highest BCUT2D eigenvalue weighted by atomic mass is 16.5. The second kappa shape index (κ2) is 10.5. The number of rotatable bonds is 7. The van der Waals surface area contributed by atoms with Crippen molar-refractivity contribution in [2.75, 3.05) is 26.7 Å². The van der Waals surface area contributed by atoms with Crippen molar-refractivity contribution < 1.29 is 14.3 Å². The zero-order valence-corrected chi connectivity index (χ0v) is 26.1. The number of nitrogens with one attached hydrogen (secondary N) is 1. The quantitative estimate of drug-likeness (QED) is 0.280. The number of piperidine rings is 1. The van der Waals surface area contributed by atoms with Crippen molar-refractivity contribution in [3.63, 3.8) is 0 Å². The largest absolute Gasteiger partial charge is 0.494 e. The summed E-state index contributed by atoms with van der Waals surface area (Å²) in [6, 6.07) is 12.8. The number of fused-ring (bicyclic) bond motifs is 4. The molecule has 2 saturated heterocycles. The number of nitrogens with two attached hydrogens (primary N) is 1. The van der Waals surface area contributed by atoms with Crippen molar-refractivity contribution >= 4 is 33.9 Å². The topological polar surface area (TPSA) is 144 Å². The predicted octanol–water partition coefficient (Wildman–Crippen LogP) is 3.42. The van der Waals surface area contributed by atoms with E-state index in [4.69, 9.17) is 20.4 Å². The van der Waals surface area contributed by atoms with Crippen LogP contribution in [0.3, 0.4) is 0 Å². The van der Waals surface area contributed by atoms with Crippen LogP contribution in [0, 0.1) is 11.8 Å². The van der Waals surface area contributed by atoms with Gasteiger partial charge < -0.3 is 34.4 Å². The zero-order chi connectivity index (χ0) is 32.0. The number of likely N-dealkylation sites (tertiary alicyclic amines) is 2. The van der Waals surface area contributed by atoms with Crippen LogP contribution in [-0.4, -0.2) is 84.5 Å². The molecule has 1 aromatic carbocycles. The van der Waals surface area contributed by atoms with Gasteiger partial charge in [0.15, 0.2) is 5.82 Å². The van der Waals surface area contributed by atoms with E-state index in [1.807, 2.05) is 29.3 Å². The van der Waals surface area contributed by atoms with Crippen LogP contribution in [0.2, 0.25) is 0 Å². The molecule has 2 amide bonds. The fourth-order valence-corrected chi connectivity index (χ4v) is 8.02. The Labute approximate surface area is 270 Å². The van der Waals surface area contributed by atoms with Crippen LogP contribution in [-0.2, 0) is 6.54 Å². The molecule has 0 radical (unpaired) electrons. The van der Waals surface area contributed by atoms with Crippen molar-refractivity contribution in [2.45, 2.75) is 50.4 Å². The van der Waals surface area contributed by atoms with Gasteiger partial charge in [0.2, 0.25) is 5.56 Å². The molecule has 12 heteroatoms. The van der Waals surface area contributed by atoms with Gasteiger partial charge in [-0.05, 0) is 73.9 Å². The highest BCUT2D eigenvalue weighted by Crippen LogP contribution is 2.42. The van der Waals surface area contributed by atoms with E-state index < -0.39 is 0 Å². The van der Waals surface area contributed by atoms with Gasteiger partial charge in [0.1, 0.15) is 16.9 Å². The summed E-state index contributed by atoms with van der Waals surface area (Å²) in [6.07, 6.45) is 7.68. The van der Waals surface area contributed by atoms with Crippen LogP contribution in [0.15, 0.2) is 59.7 Å². The number of nitrogens with zero attached hydrogens (tertiary/aromatic N) is 6. The first kappa shape index (κ1) is 28.3. The molecule has 0 spiro atoms. The molecule has 4 aliphatic rings. The second-order valence-electron chi connectivity index (χ2n) is 13.6. The number of benzene rings is 1. The summed E-state index contributed by atoms with van der Waals surface area (Å²) in [6.45, 7) is 2.39. The third-order valence-corrected chi connectivity index (χ3v) is 10.7. The summed E-state index contributed by atoms with van der Waals surface area (Å²) < 4.78 is 10.4. The van der Waals surface area contributed by atoms with Crippen LogP contribution in [0.25, 0.3) is 33.6 Å². The lowest BCUT2D eigenvalue weighted by Gasteiger charge is -2.41. The van der Waals surface area contributed by atoms with Crippen LogP contribution >= 0.6 is 0 Å². The minimum atomic E-state index is -0.313. The van der Waals surface area contributed by atoms with E-state index in [1.165, 1.54) is 25.1 Å². The lowest BCUT2D eigenvalue weighted by molar-refractivity contribution is 0.0527. The lowest BCUT2D eigenvalue weighted by Crippen LogP contribution is -2.51. The maximum absolute atomic E-state index is 13.9. The van der Waals surface area contributed by atoms with Crippen molar-refractivity contribution in [1.82, 2.24) is 33.9 Å². The fourth-order valence-electron chi connectivity index (χ4n) is 8.02. The Balaban J connectivity index is 1.16. The van der Waals surface area contributed by atoms with Gasteiger partial charge in [-0.25, -0.2) is 9.97 Å². The molecule has 2 aliphatic carbocycles. The summed E-state index contributed by atoms with van der Waals surface area (Å²) in [5.41, 5.74) is 10.3. The molecule has 12 nitrogen and oxygen atoms in total. The molecular formula is C35H36N8O4. The lowest BCUT2D eigenvalue weighted by atomic mass is 10.0. The van der Waals surface area contributed by atoms with Gasteiger partial charge in [-0.15, -0.1) is 0 Å².